The van der Waals surface area contributed by atoms with E-state index in [1.165, 1.54) is 6.20 Å². The standard InChI is InChI=1S/C21H24FN7O2/c1-2-19(31)26-14-4-3-5-15(8-14)27-20-18(22)12-25-21(29-20)28-16(10-23)11-24-13-6-7-17(30)9-13/h2-5,8,10-13,17,30H,1,6-7,9,23H2,(H,26,31)(H2,25,27,28,29). The highest BCUT2D eigenvalue weighted by molar-refractivity contribution is 5.99. The third kappa shape index (κ3) is 6.34. The van der Waals surface area contributed by atoms with Gasteiger partial charge in [0, 0.05) is 23.8 Å². The summed E-state index contributed by atoms with van der Waals surface area (Å²) in [6.45, 7) is 3.40. The van der Waals surface area contributed by atoms with Gasteiger partial charge in [0.1, 0.15) is 0 Å². The molecule has 1 aliphatic rings. The first-order chi connectivity index (χ1) is 15.0. The SMILES string of the molecule is C=CC(=O)Nc1cccc(Nc2nc(NC(C=NC3CCC(O)C3)=CN)ncc2F)c1. The van der Waals surface area contributed by atoms with Crippen LogP contribution >= 0.6 is 0 Å². The average molecular weight is 425 g/mol. The van der Waals surface area contributed by atoms with Crippen LogP contribution in [0.2, 0.25) is 0 Å². The van der Waals surface area contributed by atoms with Crippen LogP contribution in [-0.4, -0.2) is 39.3 Å². The fourth-order valence-electron chi connectivity index (χ4n) is 3.02. The van der Waals surface area contributed by atoms with E-state index in [9.17, 15) is 14.3 Å². The number of nitrogens with one attached hydrogen (secondary N) is 3. The largest absolute Gasteiger partial charge is 0.403 e. The molecule has 3 rings (SSSR count). The van der Waals surface area contributed by atoms with Crippen LogP contribution in [0.1, 0.15) is 19.3 Å². The Morgan fingerprint density at radius 3 is 2.84 bits per heavy atom. The molecule has 0 spiro atoms. The van der Waals surface area contributed by atoms with Crippen LogP contribution in [0, 0.1) is 5.82 Å². The van der Waals surface area contributed by atoms with E-state index < -0.39 is 5.82 Å². The van der Waals surface area contributed by atoms with E-state index in [4.69, 9.17) is 5.73 Å². The van der Waals surface area contributed by atoms with Crippen molar-refractivity contribution < 1.29 is 14.3 Å². The lowest BCUT2D eigenvalue weighted by Crippen LogP contribution is -2.11. The maximum absolute atomic E-state index is 14.2. The van der Waals surface area contributed by atoms with Crippen LogP contribution in [0.15, 0.2) is 60.0 Å². The fourth-order valence-corrected chi connectivity index (χ4v) is 3.02. The molecule has 1 aliphatic carbocycles. The minimum Gasteiger partial charge on any atom is -0.403 e. The van der Waals surface area contributed by atoms with Crippen molar-refractivity contribution in [3.63, 3.8) is 0 Å². The summed E-state index contributed by atoms with van der Waals surface area (Å²) in [6, 6.07) is 6.75. The highest BCUT2D eigenvalue weighted by Crippen LogP contribution is 2.23. The smallest absolute Gasteiger partial charge is 0.247 e. The van der Waals surface area contributed by atoms with Gasteiger partial charge in [-0.2, -0.15) is 4.98 Å². The quantitative estimate of drug-likeness (QED) is 0.324. The molecular formula is C21H24FN7O2. The number of rotatable bonds is 8. The second kappa shape index (κ2) is 10.3. The van der Waals surface area contributed by atoms with Crippen LogP contribution in [0.4, 0.5) is 27.5 Å². The van der Waals surface area contributed by atoms with E-state index >= 15 is 0 Å². The van der Waals surface area contributed by atoms with Gasteiger partial charge >= 0.3 is 0 Å². The van der Waals surface area contributed by atoms with E-state index in [1.54, 1.807) is 30.5 Å². The van der Waals surface area contributed by atoms with Crippen molar-refractivity contribution in [2.24, 2.45) is 10.7 Å². The van der Waals surface area contributed by atoms with Crippen LogP contribution in [-0.2, 0) is 4.79 Å². The Bertz CT molecular complexity index is 1010. The van der Waals surface area contributed by atoms with Gasteiger partial charge < -0.3 is 26.8 Å². The van der Waals surface area contributed by atoms with Gasteiger partial charge in [-0.3, -0.25) is 9.79 Å². The van der Waals surface area contributed by atoms with Crippen molar-refractivity contribution in [3.8, 4) is 0 Å². The molecule has 1 aromatic carbocycles. The number of aliphatic imine (C=N–C) groups is 1. The maximum atomic E-state index is 14.2. The number of hydrogen-bond acceptors (Lipinski definition) is 8. The molecular weight excluding hydrogens is 401 g/mol. The van der Waals surface area contributed by atoms with Crippen LogP contribution in [0.5, 0.6) is 0 Å². The Morgan fingerprint density at radius 1 is 1.32 bits per heavy atom. The molecule has 0 aliphatic heterocycles. The van der Waals surface area contributed by atoms with Crippen molar-refractivity contribution in [3.05, 3.63) is 60.8 Å². The number of anilines is 4. The molecule has 0 bridgehead atoms. The summed E-state index contributed by atoms with van der Waals surface area (Å²) in [4.78, 5) is 23.9. The van der Waals surface area contributed by atoms with E-state index in [0.29, 0.717) is 23.5 Å². The second-order valence-corrected chi connectivity index (χ2v) is 6.94. The molecule has 2 aromatic rings. The zero-order valence-electron chi connectivity index (χ0n) is 16.8. The zero-order chi connectivity index (χ0) is 22.2. The highest BCUT2D eigenvalue weighted by Gasteiger charge is 2.21. The Kier molecular flexibility index (Phi) is 7.28. The number of benzene rings is 1. The number of halogens is 1. The third-order valence-electron chi connectivity index (χ3n) is 4.56. The highest BCUT2D eigenvalue weighted by atomic mass is 19.1. The molecule has 2 unspecified atom stereocenters. The topological polar surface area (TPSA) is 138 Å². The Balaban J connectivity index is 1.70. The minimum absolute atomic E-state index is 0.0342. The number of aromatic nitrogens is 2. The van der Waals surface area contributed by atoms with Crippen LogP contribution in [0.25, 0.3) is 0 Å². The first-order valence-electron chi connectivity index (χ1n) is 9.70. The normalized spacial score (nSPS) is 18.7. The second-order valence-electron chi connectivity index (χ2n) is 6.94. The summed E-state index contributed by atoms with van der Waals surface area (Å²) in [5, 5.41) is 18.0. The van der Waals surface area contributed by atoms with Crippen molar-refractivity contribution >= 4 is 35.3 Å². The first kappa shape index (κ1) is 21.9. The predicted molar refractivity (Wildman–Crippen MR) is 119 cm³/mol. The fraction of sp³-hybridized carbons (Fsp3) is 0.238. The van der Waals surface area contributed by atoms with Gasteiger partial charge in [-0.25, -0.2) is 9.37 Å². The zero-order valence-corrected chi connectivity index (χ0v) is 16.8. The van der Waals surface area contributed by atoms with Crippen molar-refractivity contribution in [2.75, 3.05) is 16.0 Å². The number of aliphatic hydroxyl groups is 1. The number of carbonyl (C=O) groups is 1. The van der Waals surface area contributed by atoms with E-state index in [2.05, 4.69) is 37.5 Å². The molecule has 6 N–H and O–H groups in total. The lowest BCUT2D eigenvalue weighted by atomic mass is 10.2. The van der Waals surface area contributed by atoms with Crippen LogP contribution in [0.3, 0.4) is 0 Å². The summed E-state index contributed by atoms with van der Waals surface area (Å²) in [6.07, 6.45) is 6.87. The van der Waals surface area contributed by atoms with Crippen molar-refractivity contribution in [1.29, 1.82) is 0 Å². The summed E-state index contributed by atoms with van der Waals surface area (Å²) in [5.74, 6) is -0.948. The number of aliphatic hydroxyl groups excluding tert-OH is 1. The number of allylic oxidation sites excluding steroid dienone is 1. The number of hydrogen-bond donors (Lipinski definition) is 5. The number of amides is 1. The van der Waals surface area contributed by atoms with Crippen molar-refractivity contribution in [2.45, 2.75) is 31.4 Å². The molecule has 1 aromatic heterocycles. The van der Waals surface area contributed by atoms with Gasteiger partial charge in [-0.15, -0.1) is 0 Å². The van der Waals surface area contributed by atoms with Gasteiger partial charge in [-0.05, 0) is 43.5 Å². The summed E-state index contributed by atoms with van der Waals surface area (Å²) in [5.41, 5.74) is 7.11. The third-order valence-corrected chi connectivity index (χ3v) is 4.56. The molecule has 0 saturated heterocycles. The molecule has 1 amide bonds. The molecule has 1 fully saturated rings. The van der Waals surface area contributed by atoms with Gasteiger partial charge in [0.25, 0.3) is 0 Å². The Morgan fingerprint density at radius 2 is 2.13 bits per heavy atom. The number of nitrogens with two attached hydrogens (primary N) is 1. The molecule has 1 heterocycles. The summed E-state index contributed by atoms with van der Waals surface area (Å²) >= 11 is 0. The predicted octanol–water partition coefficient (Wildman–Crippen LogP) is 2.68. The van der Waals surface area contributed by atoms with Gasteiger partial charge in [0.2, 0.25) is 11.9 Å². The van der Waals surface area contributed by atoms with Gasteiger partial charge in [0.05, 0.1) is 24.0 Å². The van der Waals surface area contributed by atoms with Crippen LogP contribution < -0.4 is 21.7 Å². The van der Waals surface area contributed by atoms with Gasteiger partial charge in [-0.1, -0.05) is 12.6 Å². The molecule has 2 atom stereocenters. The van der Waals surface area contributed by atoms with Gasteiger partial charge in [0.15, 0.2) is 11.6 Å². The molecule has 10 heteroatoms. The first-order valence-corrected chi connectivity index (χ1v) is 9.70. The number of carbonyl (C=O) groups excluding carboxylic acids is 1. The lowest BCUT2D eigenvalue weighted by Gasteiger charge is -2.11. The van der Waals surface area contributed by atoms with E-state index in [1.807, 2.05) is 0 Å². The van der Waals surface area contributed by atoms with E-state index in [-0.39, 0.29) is 29.8 Å². The molecule has 9 nitrogen and oxygen atoms in total. The van der Waals surface area contributed by atoms with Crippen molar-refractivity contribution in [1.82, 2.24) is 9.97 Å². The molecule has 1 saturated carbocycles. The summed E-state index contributed by atoms with van der Waals surface area (Å²) < 4.78 is 14.2. The number of nitrogens with zero attached hydrogens (tertiary/aromatic N) is 3. The Hall–Kier alpha value is -3.79. The molecule has 0 radical (unpaired) electrons. The molecule has 31 heavy (non-hydrogen) atoms. The monoisotopic (exact) mass is 425 g/mol. The molecule has 162 valence electrons. The van der Waals surface area contributed by atoms with E-state index in [0.717, 1.165) is 25.1 Å². The summed E-state index contributed by atoms with van der Waals surface area (Å²) in [7, 11) is 0. The maximum Gasteiger partial charge on any atom is 0.247 e. The lowest BCUT2D eigenvalue weighted by molar-refractivity contribution is -0.111. The minimum atomic E-state index is -0.655. The average Bonchev–Trinajstić information content (AvgIpc) is 3.18. The Labute approximate surface area is 179 Å².